The first-order chi connectivity index (χ1) is 7.83. The summed E-state index contributed by atoms with van der Waals surface area (Å²) in [6.45, 7) is 2.72. The van der Waals surface area contributed by atoms with Crippen LogP contribution in [0.4, 0.5) is 0 Å². The Morgan fingerprint density at radius 1 is 1.35 bits per heavy atom. The molecule has 0 aromatic rings. The fourth-order valence-corrected chi connectivity index (χ4v) is 2.89. The Labute approximate surface area is 109 Å². The normalized spacial score (nSPS) is 27.5. The molecule has 0 spiro atoms. The van der Waals surface area contributed by atoms with Crippen LogP contribution in [0, 0.1) is 0 Å². The van der Waals surface area contributed by atoms with E-state index in [-0.39, 0.29) is 12.4 Å². The number of carbonyl (C=O) groups excluding carboxylic acids is 1. The zero-order valence-electron chi connectivity index (χ0n) is 10.5. The highest BCUT2D eigenvalue weighted by atomic mass is 35.5. The second kappa shape index (κ2) is 7.19. The van der Waals surface area contributed by atoms with E-state index >= 15 is 0 Å². The Bertz CT molecular complexity index is 237. The number of hydrogen-bond donors (Lipinski definition) is 1. The zero-order valence-corrected chi connectivity index (χ0v) is 11.3. The van der Waals surface area contributed by atoms with Crippen molar-refractivity contribution in [3.63, 3.8) is 0 Å². The summed E-state index contributed by atoms with van der Waals surface area (Å²) in [6.07, 6.45) is 4.97. The number of methoxy groups -OCH3 is 1. The number of carbonyl (C=O) groups is 1. The summed E-state index contributed by atoms with van der Waals surface area (Å²) in [5.74, 6) is 0.327. The van der Waals surface area contributed by atoms with E-state index in [4.69, 9.17) is 4.74 Å². The molecule has 100 valence electrons. The van der Waals surface area contributed by atoms with Gasteiger partial charge in [-0.1, -0.05) is 0 Å². The van der Waals surface area contributed by atoms with Crippen LogP contribution in [0.15, 0.2) is 0 Å². The third-order valence-corrected chi connectivity index (χ3v) is 3.68. The van der Waals surface area contributed by atoms with Crippen molar-refractivity contribution in [1.82, 2.24) is 10.2 Å². The number of amides is 1. The molecule has 2 aliphatic rings. The molecule has 2 bridgehead atoms. The summed E-state index contributed by atoms with van der Waals surface area (Å²) in [5.41, 5.74) is 0. The van der Waals surface area contributed by atoms with Crippen LogP contribution in [0.1, 0.15) is 32.1 Å². The molecular weight excluding hydrogens is 240 g/mol. The van der Waals surface area contributed by atoms with E-state index in [9.17, 15) is 4.79 Å². The minimum absolute atomic E-state index is 0. The van der Waals surface area contributed by atoms with Crippen LogP contribution < -0.4 is 5.32 Å². The van der Waals surface area contributed by atoms with E-state index in [0.29, 0.717) is 31.0 Å². The molecule has 0 radical (unpaired) electrons. The maximum Gasteiger partial charge on any atom is 0.223 e. The van der Waals surface area contributed by atoms with E-state index < -0.39 is 0 Å². The molecule has 2 unspecified atom stereocenters. The highest BCUT2D eigenvalue weighted by Crippen LogP contribution is 2.28. The fraction of sp³-hybridized carbons (Fsp3) is 0.917. The maximum atomic E-state index is 12.1. The lowest BCUT2D eigenvalue weighted by molar-refractivity contribution is -0.134. The van der Waals surface area contributed by atoms with Gasteiger partial charge in [-0.25, -0.2) is 0 Å². The molecule has 17 heavy (non-hydrogen) atoms. The van der Waals surface area contributed by atoms with Gasteiger partial charge in [0.2, 0.25) is 5.91 Å². The summed E-state index contributed by atoms with van der Waals surface area (Å²) in [5, 5.41) is 3.41. The topological polar surface area (TPSA) is 41.6 Å². The Hall–Kier alpha value is -0.320. The van der Waals surface area contributed by atoms with E-state index in [1.54, 1.807) is 7.11 Å². The molecule has 1 N–H and O–H groups in total. The van der Waals surface area contributed by atoms with Crippen molar-refractivity contribution in [2.24, 2.45) is 0 Å². The lowest BCUT2D eigenvalue weighted by Crippen LogP contribution is -2.42. The first-order valence-corrected chi connectivity index (χ1v) is 6.33. The summed E-state index contributed by atoms with van der Waals surface area (Å²) in [4.78, 5) is 14.3. The average Bonchev–Trinajstić information content (AvgIpc) is 2.52. The zero-order chi connectivity index (χ0) is 11.4. The van der Waals surface area contributed by atoms with Gasteiger partial charge in [0.1, 0.15) is 0 Å². The van der Waals surface area contributed by atoms with Gasteiger partial charge in [-0.15, -0.1) is 12.4 Å². The molecule has 2 saturated heterocycles. The lowest BCUT2D eigenvalue weighted by atomic mass is 10.1. The Morgan fingerprint density at radius 3 is 2.88 bits per heavy atom. The highest BCUT2D eigenvalue weighted by molar-refractivity contribution is 5.85. The van der Waals surface area contributed by atoms with Gasteiger partial charge >= 0.3 is 0 Å². The summed E-state index contributed by atoms with van der Waals surface area (Å²) in [6, 6.07) is 0.942. The van der Waals surface area contributed by atoms with Crippen molar-refractivity contribution in [2.75, 3.05) is 26.8 Å². The Balaban J connectivity index is 0.00000144. The summed E-state index contributed by atoms with van der Waals surface area (Å²) in [7, 11) is 1.68. The molecule has 2 heterocycles. The molecule has 2 aliphatic heterocycles. The number of fused-ring (bicyclic) bond motifs is 2. The molecule has 0 saturated carbocycles. The van der Waals surface area contributed by atoms with Crippen LogP contribution >= 0.6 is 12.4 Å². The van der Waals surface area contributed by atoms with Crippen molar-refractivity contribution in [2.45, 2.75) is 44.2 Å². The lowest BCUT2D eigenvalue weighted by Gasteiger charge is -2.27. The van der Waals surface area contributed by atoms with Crippen molar-refractivity contribution >= 4 is 18.3 Å². The second-order valence-electron chi connectivity index (χ2n) is 4.78. The predicted octanol–water partition coefficient (Wildman–Crippen LogP) is 1.19. The number of ether oxygens (including phenoxy) is 1. The number of hydrogen-bond acceptors (Lipinski definition) is 3. The molecular formula is C12H23ClN2O2. The Morgan fingerprint density at radius 2 is 2.12 bits per heavy atom. The molecule has 1 amide bonds. The third kappa shape index (κ3) is 3.57. The molecule has 2 rings (SSSR count). The van der Waals surface area contributed by atoms with Crippen LogP contribution in [0.25, 0.3) is 0 Å². The van der Waals surface area contributed by atoms with Crippen molar-refractivity contribution in [3.8, 4) is 0 Å². The first kappa shape index (κ1) is 14.7. The third-order valence-electron chi connectivity index (χ3n) is 3.68. The molecule has 4 nitrogen and oxygen atoms in total. The predicted molar refractivity (Wildman–Crippen MR) is 69.5 cm³/mol. The van der Waals surface area contributed by atoms with Gasteiger partial charge in [-0.2, -0.15) is 0 Å². The minimum atomic E-state index is 0. The van der Waals surface area contributed by atoms with E-state index in [2.05, 4.69) is 10.2 Å². The van der Waals surface area contributed by atoms with Crippen LogP contribution in [0.3, 0.4) is 0 Å². The first-order valence-electron chi connectivity index (χ1n) is 6.33. The van der Waals surface area contributed by atoms with Crippen molar-refractivity contribution in [3.05, 3.63) is 0 Å². The van der Waals surface area contributed by atoms with Gasteiger partial charge < -0.3 is 15.0 Å². The SMILES string of the molecule is COCCCC(=O)N1C2CCNCC1CC2.Cl. The van der Waals surface area contributed by atoms with Gasteiger partial charge in [0.15, 0.2) is 0 Å². The van der Waals surface area contributed by atoms with Gasteiger partial charge in [0.05, 0.1) is 0 Å². The number of nitrogens with one attached hydrogen (secondary N) is 1. The standard InChI is InChI=1S/C12H22N2O2.ClH/c1-16-8-2-3-12(15)14-10-4-5-11(14)9-13-7-6-10;/h10-11,13H,2-9H2,1H3;1H. The molecule has 0 aromatic carbocycles. The molecule has 0 aliphatic carbocycles. The summed E-state index contributed by atoms with van der Waals surface area (Å²) < 4.78 is 4.99. The second-order valence-corrected chi connectivity index (χ2v) is 4.78. The minimum Gasteiger partial charge on any atom is -0.385 e. The molecule has 5 heteroatoms. The van der Waals surface area contributed by atoms with E-state index in [0.717, 1.165) is 25.9 Å². The van der Waals surface area contributed by atoms with E-state index in [1.165, 1.54) is 12.8 Å². The Kier molecular flexibility index (Phi) is 6.23. The van der Waals surface area contributed by atoms with Crippen LogP contribution in [0.2, 0.25) is 0 Å². The molecule has 2 atom stereocenters. The van der Waals surface area contributed by atoms with Gasteiger partial charge in [-0.05, 0) is 32.2 Å². The van der Waals surface area contributed by atoms with Crippen molar-refractivity contribution in [1.29, 1.82) is 0 Å². The summed E-state index contributed by atoms with van der Waals surface area (Å²) >= 11 is 0. The molecule has 2 fully saturated rings. The number of halogens is 1. The molecule has 0 aromatic heterocycles. The van der Waals surface area contributed by atoms with Gasteiger partial charge in [0, 0.05) is 38.8 Å². The largest absolute Gasteiger partial charge is 0.385 e. The monoisotopic (exact) mass is 262 g/mol. The quantitative estimate of drug-likeness (QED) is 0.774. The number of nitrogens with zero attached hydrogens (tertiary/aromatic N) is 1. The number of rotatable bonds is 4. The van der Waals surface area contributed by atoms with Gasteiger partial charge in [0.25, 0.3) is 0 Å². The highest BCUT2D eigenvalue weighted by Gasteiger charge is 2.37. The van der Waals surface area contributed by atoms with Crippen molar-refractivity contribution < 1.29 is 9.53 Å². The van der Waals surface area contributed by atoms with Crippen LogP contribution in [-0.2, 0) is 9.53 Å². The van der Waals surface area contributed by atoms with E-state index in [1.807, 2.05) is 0 Å². The van der Waals surface area contributed by atoms with Crippen LogP contribution in [0.5, 0.6) is 0 Å². The average molecular weight is 263 g/mol. The smallest absolute Gasteiger partial charge is 0.223 e. The maximum absolute atomic E-state index is 12.1. The van der Waals surface area contributed by atoms with Gasteiger partial charge in [-0.3, -0.25) is 4.79 Å². The van der Waals surface area contributed by atoms with Crippen LogP contribution in [-0.4, -0.2) is 49.7 Å². The fourth-order valence-electron chi connectivity index (χ4n) is 2.89.